The number of aromatic nitrogens is 2. The molecule has 0 bridgehead atoms. The van der Waals surface area contributed by atoms with Crippen molar-refractivity contribution >= 4 is 34.9 Å². The Labute approximate surface area is 144 Å². The van der Waals surface area contributed by atoms with Crippen molar-refractivity contribution in [2.45, 2.75) is 6.42 Å². The van der Waals surface area contributed by atoms with E-state index in [4.69, 9.17) is 23.2 Å². The van der Waals surface area contributed by atoms with Gasteiger partial charge in [-0.15, -0.1) is 6.58 Å². The number of benzene rings is 1. The van der Waals surface area contributed by atoms with Crippen molar-refractivity contribution in [1.29, 1.82) is 0 Å². The molecule has 0 saturated carbocycles. The number of nitrogens with zero attached hydrogens (tertiary/aromatic N) is 2. The van der Waals surface area contributed by atoms with Crippen molar-refractivity contribution in [3.63, 3.8) is 0 Å². The van der Waals surface area contributed by atoms with Gasteiger partial charge in [0.05, 0.1) is 12.4 Å². The molecule has 120 valence electrons. The maximum atomic E-state index is 11.7. The number of carbonyl (C=O) groups excluding carboxylic acids is 1. The maximum Gasteiger partial charge on any atom is 0.271 e. The SMILES string of the molecule is C=CCNC(=O)c1cnc(NCCc2ccc(Cl)cc2Cl)cn1. The molecular weight excluding hydrogens is 335 g/mol. The Morgan fingerprint density at radius 2 is 2.09 bits per heavy atom. The van der Waals surface area contributed by atoms with Gasteiger partial charge in [-0.05, 0) is 24.1 Å². The third kappa shape index (κ3) is 5.23. The van der Waals surface area contributed by atoms with Gasteiger partial charge in [-0.25, -0.2) is 9.97 Å². The minimum absolute atomic E-state index is 0.262. The number of amides is 1. The maximum absolute atomic E-state index is 11.7. The van der Waals surface area contributed by atoms with Gasteiger partial charge in [0.2, 0.25) is 0 Å². The number of nitrogens with one attached hydrogen (secondary N) is 2. The molecule has 0 aliphatic carbocycles. The third-order valence-electron chi connectivity index (χ3n) is 3.01. The van der Waals surface area contributed by atoms with Crippen LogP contribution in [-0.4, -0.2) is 29.0 Å². The van der Waals surface area contributed by atoms with Gasteiger partial charge < -0.3 is 10.6 Å². The molecule has 23 heavy (non-hydrogen) atoms. The molecule has 1 amide bonds. The Kier molecular flexibility index (Phi) is 6.38. The van der Waals surface area contributed by atoms with Gasteiger partial charge in [0.1, 0.15) is 11.5 Å². The standard InChI is InChI=1S/C16H16Cl2N4O/c1-2-6-20-16(23)14-9-22-15(10-21-14)19-7-5-11-3-4-12(17)8-13(11)18/h2-4,8-10H,1,5-7H2,(H,19,22)(H,20,23). The minimum atomic E-state index is -0.281. The fourth-order valence-corrected chi connectivity index (χ4v) is 2.34. The van der Waals surface area contributed by atoms with Crippen LogP contribution in [0.4, 0.5) is 5.82 Å². The highest BCUT2D eigenvalue weighted by Crippen LogP contribution is 2.21. The van der Waals surface area contributed by atoms with Crippen LogP contribution in [0, 0.1) is 0 Å². The van der Waals surface area contributed by atoms with Crippen LogP contribution in [-0.2, 0) is 6.42 Å². The number of hydrogen-bond acceptors (Lipinski definition) is 4. The lowest BCUT2D eigenvalue weighted by Crippen LogP contribution is -2.24. The van der Waals surface area contributed by atoms with Crippen molar-refractivity contribution in [3.8, 4) is 0 Å². The lowest BCUT2D eigenvalue weighted by Gasteiger charge is -2.08. The van der Waals surface area contributed by atoms with E-state index in [-0.39, 0.29) is 11.6 Å². The zero-order valence-corrected chi connectivity index (χ0v) is 13.9. The van der Waals surface area contributed by atoms with E-state index in [9.17, 15) is 4.79 Å². The van der Waals surface area contributed by atoms with Gasteiger partial charge in [-0.3, -0.25) is 4.79 Å². The molecule has 0 aliphatic rings. The molecule has 0 radical (unpaired) electrons. The van der Waals surface area contributed by atoms with Crippen molar-refractivity contribution < 1.29 is 4.79 Å². The van der Waals surface area contributed by atoms with Crippen LogP contribution < -0.4 is 10.6 Å². The fraction of sp³-hybridized carbons (Fsp3) is 0.188. The average Bonchev–Trinajstić information content (AvgIpc) is 2.55. The molecule has 2 aromatic rings. The zero-order valence-electron chi connectivity index (χ0n) is 12.4. The average molecular weight is 351 g/mol. The summed E-state index contributed by atoms with van der Waals surface area (Å²) < 4.78 is 0. The Morgan fingerprint density at radius 3 is 2.74 bits per heavy atom. The first-order valence-corrected chi connectivity index (χ1v) is 7.74. The number of hydrogen-bond donors (Lipinski definition) is 2. The van der Waals surface area contributed by atoms with Crippen molar-refractivity contribution in [2.75, 3.05) is 18.4 Å². The molecule has 1 heterocycles. The molecule has 0 fully saturated rings. The number of carbonyl (C=O) groups is 1. The van der Waals surface area contributed by atoms with Crippen LogP contribution in [0.3, 0.4) is 0 Å². The van der Waals surface area contributed by atoms with Gasteiger partial charge in [-0.1, -0.05) is 35.3 Å². The second-order valence-corrected chi connectivity index (χ2v) is 5.54. The molecular formula is C16H16Cl2N4O. The Morgan fingerprint density at radius 1 is 1.26 bits per heavy atom. The molecule has 1 aromatic heterocycles. The van der Waals surface area contributed by atoms with E-state index in [2.05, 4.69) is 27.2 Å². The van der Waals surface area contributed by atoms with Crippen LogP contribution in [0.2, 0.25) is 10.0 Å². The van der Waals surface area contributed by atoms with E-state index in [1.807, 2.05) is 6.07 Å². The molecule has 1 aromatic carbocycles. The van der Waals surface area contributed by atoms with Crippen molar-refractivity contribution in [2.24, 2.45) is 0 Å². The van der Waals surface area contributed by atoms with Crippen LogP contribution in [0.5, 0.6) is 0 Å². The quantitative estimate of drug-likeness (QED) is 0.751. The van der Waals surface area contributed by atoms with E-state index in [1.165, 1.54) is 12.4 Å². The molecule has 0 spiro atoms. The number of anilines is 1. The fourth-order valence-electron chi connectivity index (χ4n) is 1.84. The summed E-state index contributed by atoms with van der Waals surface area (Å²) in [5, 5.41) is 7.02. The topological polar surface area (TPSA) is 66.9 Å². The summed E-state index contributed by atoms with van der Waals surface area (Å²) in [4.78, 5) is 19.9. The summed E-state index contributed by atoms with van der Waals surface area (Å²) in [5.74, 6) is 0.312. The lowest BCUT2D eigenvalue weighted by atomic mass is 10.1. The van der Waals surface area contributed by atoms with Crippen molar-refractivity contribution in [3.05, 3.63) is 64.6 Å². The Bertz CT molecular complexity index is 689. The molecule has 0 saturated heterocycles. The number of halogens is 2. The summed E-state index contributed by atoms with van der Waals surface area (Å²) in [5.41, 5.74) is 1.26. The summed E-state index contributed by atoms with van der Waals surface area (Å²) in [6.07, 6.45) is 5.27. The van der Waals surface area contributed by atoms with E-state index in [0.717, 1.165) is 12.0 Å². The summed E-state index contributed by atoms with van der Waals surface area (Å²) in [6.45, 7) is 4.56. The highest BCUT2D eigenvalue weighted by molar-refractivity contribution is 6.35. The van der Waals surface area contributed by atoms with Gasteiger partial charge in [0, 0.05) is 23.1 Å². The monoisotopic (exact) mass is 350 g/mol. The van der Waals surface area contributed by atoms with Crippen LogP contribution in [0.1, 0.15) is 16.1 Å². The highest BCUT2D eigenvalue weighted by Gasteiger charge is 2.06. The lowest BCUT2D eigenvalue weighted by molar-refractivity contribution is 0.0952. The predicted molar refractivity (Wildman–Crippen MR) is 93.2 cm³/mol. The number of rotatable bonds is 7. The van der Waals surface area contributed by atoms with E-state index in [0.29, 0.717) is 29.0 Å². The first-order valence-electron chi connectivity index (χ1n) is 6.99. The third-order valence-corrected chi connectivity index (χ3v) is 3.59. The summed E-state index contributed by atoms with van der Waals surface area (Å²) in [6, 6.07) is 5.42. The Hall–Kier alpha value is -2.11. The second-order valence-electron chi connectivity index (χ2n) is 4.70. The van der Waals surface area contributed by atoms with E-state index in [1.54, 1.807) is 18.2 Å². The first-order chi connectivity index (χ1) is 11.1. The van der Waals surface area contributed by atoms with E-state index >= 15 is 0 Å². The molecule has 2 N–H and O–H groups in total. The van der Waals surface area contributed by atoms with Gasteiger partial charge in [0.15, 0.2) is 0 Å². The van der Waals surface area contributed by atoms with Gasteiger partial charge >= 0.3 is 0 Å². The zero-order chi connectivity index (χ0) is 16.7. The normalized spacial score (nSPS) is 10.2. The minimum Gasteiger partial charge on any atom is -0.368 e. The first kappa shape index (κ1) is 17.2. The molecule has 7 heteroatoms. The van der Waals surface area contributed by atoms with Crippen LogP contribution >= 0.6 is 23.2 Å². The predicted octanol–water partition coefficient (Wildman–Crippen LogP) is 3.35. The van der Waals surface area contributed by atoms with E-state index < -0.39 is 0 Å². The van der Waals surface area contributed by atoms with Crippen LogP contribution in [0.25, 0.3) is 0 Å². The van der Waals surface area contributed by atoms with Crippen molar-refractivity contribution in [1.82, 2.24) is 15.3 Å². The molecule has 2 rings (SSSR count). The van der Waals surface area contributed by atoms with Crippen LogP contribution in [0.15, 0.2) is 43.2 Å². The smallest absolute Gasteiger partial charge is 0.271 e. The highest BCUT2D eigenvalue weighted by atomic mass is 35.5. The molecule has 0 atom stereocenters. The Balaban J connectivity index is 1.86. The molecule has 5 nitrogen and oxygen atoms in total. The van der Waals surface area contributed by atoms with Gasteiger partial charge in [-0.2, -0.15) is 0 Å². The summed E-state index contributed by atoms with van der Waals surface area (Å²) >= 11 is 12.0. The largest absolute Gasteiger partial charge is 0.368 e. The van der Waals surface area contributed by atoms with Gasteiger partial charge in [0.25, 0.3) is 5.91 Å². The summed E-state index contributed by atoms with van der Waals surface area (Å²) in [7, 11) is 0. The second kappa shape index (κ2) is 8.50. The molecule has 0 aliphatic heterocycles. The molecule has 0 unspecified atom stereocenters.